The Bertz CT molecular complexity index is 803. The smallest absolute Gasteiger partial charge is 0.271 e. The second kappa shape index (κ2) is 8.75. The summed E-state index contributed by atoms with van der Waals surface area (Å²) in [6.45, 7) is 3.82. The van der Waals surface area contributed by atoms with Gasteiger partial charge in [0.05, 0.1) is 26.5 Å². The number of rotatable bonds is 7. The third-order valence-electron chi connectivity index (χ3n) is 3.37. The van der Waals surface area contributed by atoms with Crippen molar-refractivity contribution in [1.29, 1.82) is 0 Å². The second-order valence-corrected chi connectivity index (χ2v) is 5.66. The molecule has 7 nitrogen and oxygen atoms in total. The van der Waals surface area contributed by atoms with Gasteiger partial charge in [-0.05, 0) is 55.8 Å². The Hall–Kier alpha value is -3.22. The van der Waals surface area contributed by atoms with Gasteiger partial charge in [0, 0.05) is 5.56 Å². The number of hydrazone groups is 1. The summed E-state index contributed by atoms with van der Waals surface area (Å²) in [6.07, 6.45) is 1.42. The van der Waals surface area contributed by atoms with Gasteiger partial charge in [-0.25, -0.2) is 5.43 Å². The van der Waals surface area contributed by atoms with E-state index in [0.29, 0.717) is 28.4 Å². The molecule has 0 heterocycles. The van der Waals surface area contributed by atoms with E-state index in [1.165, 1.54) is 26.5 Å². The predicted molar refractivity (Wildman–Crippen MR) is 98.5 cm³/mol. The lowest BCUT2D eigenvalue weighted by Gasteiger charge is -2.14. The van der Waals surface area contributed by atoms with Gasteiger partial charge in [-0.1, -0.05) is 0 Å². The minimum atomic E-state index is -0.395. The largest absolute Gasteiger partial charge is 0.504 e. The molecular formula is C19H22N2O5. The molecule has 2 aromatic rings. The third-order valence-corrected chi connectivity index (χ3v) is 3.37. The van der Waals surface area contributed by atoms with E-state index in [2.05, 4.69) is 10.5 Å². The summed E-state index contributed by atoms with van der Waals surface area (Å²) < 4.78 is 15.9. The summed E-state index contributed by atoms with van der Waals surface area (Å²) in [6, 6.07) is 9.69. The minimum Gasteiger partial charge on any atom is -0.504 e. The lowest BCUT2D eigenvalue weighted by Crippen LogP contribution is -2.18. The molecule has 0 unspecified atom stereocenters. The van der Waals surface area contributed by atoms with Gasteiger partial charge in [0.1, 0.15) is 0 Å². The minimum absolute atomic E-state index is 0.00547. The summed E-state index contributed by atoms with van der Waals surface area (Å²) in [5.41, 5.74) is 3.42. The van der Waals surface area contributed by atoms with E-state index in [1.807, 2.05) is 13.8 Å². The van der Waals surface area contributed by atoms with E-state index in [0.717, 1.165) is 0 Å². The van der Waals surface area contributed by atoms with Crippen LogP contribution in [0.1, 0.15) is 29.8 Å². The van der Waals surface area contributed by atoms with Crippen molar-refractivity contribution in [3.8, 4) is 23.0 Å². The molecule has 0 aliphatic heterocycles. The van der Waals surface area contributed by atoms with Gasteiger partial charge in [0.25, 0.3) is 5.91 Å². The van der Waals surface area contributed by atoms with Crippen molar-refractivity contribution >= 4 is 12.1 Å². The first kappa shape index (κ1) is 19.1. The summed E-state index contributed by atoms with van der Waals surface area (Å²) in [5.74, 6) is 0.996. The van der Waals surface area contributed by atoms with Crippen molar-refractivity contribution in [3.63, 3.8) is 0 Å². The summed E-state index contributed by atoms with van der Waals surface area (Å²) in [5, 5.41) is 13.6. The van der Waals surface area contributed by atoms with Crippen LogP contribution in [0.25, 0.3) is 0 Å². The molecule has 2 N–H and O–H groups in total. The average Bonchev–Trinajstić information content (AvgIpc) is 2.61. The van der Waals surface area contributed by atoms with Gasteiger partial charge in [-0.3, -0.25) is 4.79 Å². The third kappa shape index (κ3) is 4.89. The number of hydrogen-bond donors (Lipinski definition) is 2. The van der Waals surface area contributed by atoms with Crippen LogP contribution in [0.3, 0.4) is 0 Å². The average molecular weight is 358 g/mol. The van der Waals surface area contributed by atoms with Crippen LogP contribution in [-0.4, -0.2) is 37.6 Å². The van der Waals surface area contributed by atoms with Crippen LogP contribution in [0, 0.1) is 0 Å². The van der Waals surface area contributed by atoms with E-state index in [9.17, 15) is 9.90 Å². The van der Waals surface area contributed by atoms with E-state index in [4.69, 9.17) is 14.2 Å². The van der Waals surface area contributed by atoms with E-state index >= 15 is 0 Å². The summed E-state index contributed by atoms with van der Waals surface area (Å²) >= 11 is 0. The Morgan fingerprint density at radius 2 is 1.77 bits per heavy atom. The molecule has 1 amide bonds. The quantitative estimate of drug-likeness (QED) is 0.587. The van der Waals surface area contributed by atoms with Gasteiger partial charge in [0.15, 0.2) is 23.0 Å². The molecule has 0 fully saturated rings. The first-order chi connectivity index (χ1) is 12.4. The number of hydrogen-bond acceptors (Lipinski definition) is 6. The maximum atomic E-state index is 12.2. The molecule has 138 valence electrons. The molecule has 0 bridgehead atoms. The highest BCUT2D eigenvalue weighted by Gasteiger charge is 2.11. The molecule has 2 rings (SSSR count). The fourth-order valence-corrected chi connectivity index (χ4v) is 2.18. The zero-order chi connectivity index (χ0) is 19.1. The van der Waals surface area contributed by atoms with E-state index in [1.54, 1.807) is 30.3 Å². The predicted octanol–water partition coefficient (Wildman–Crippen LogP) is 2.96. The van der Waals surface area contributed by atoms with Gasteiger partial charge >= 0.3 is 0 Å². The standard InChI is InChI=1S/C19H22N2O5/c1-12(2)26-17-8-6-14(10-18(17)25-4)19(23)21-20-11-13-5-7-16(24-3)15(22)9-13/h5-12,22H,1-4H3,(H,21,23)/b20-11+. The highest BCUT2D eigenvalue weighted by molar-refractivity contribution is 5.95. The van der Waals surface area contributed by atoms with E-state index in [-0.39, 0.29) is 11.9 Å². The molecule has 0 saturated carbocycles. The molecule has 0 atom stereocenters. The van der Waals surface area contributed by atoms with E-state index < -0.39 is 5.91 Å². The van der Waals surface area contributed by atoms with Crippen molar-refractivity contribution in [3.05, 3.63) is 47.5 Å². The molecule has 0 saturated heterocycles. The Morgan fingerprint density at radius 1 is 1.08 bits per heavy atom. The Balaban J connectivity index is 2.06. The van der Waals surface area contributed by atoms with Crippen LogP contribution >= 0.6 is 0 Å². The highest BCUT2D eigenvalue weighted by Crippen LogP contribution is 2.29. The zero-order valence-electron chi connectivity index (χ0n) is 15.1. The van der Waals surface area contributed by atoms with Crippen LogP contribution in [0.5, 0.6) is 23.0 Å². The number of benzene rings is 2. The number of phenols is 1. The van der Waals surface area contributed by atoms with Crippen LogP contribution in [0.4, 0.5) is 0 Å². The Kier molecular flexibility index (Phi) is 6.43. The van der Waals surface area contributed by atoms with Crippen LogP contribution in [0.15, 0.2) is 41.5 Å². The fourth-order valence-electron chi connectivity index (χ4n) is 2.18. The number of phenolic OH excluding ortho intramolecular Hbond substituents is 1. The molecule has 7 heteroatoms. The molecule has 0 spiro atoms. The highest BCUT2D eigenvalue weighted by atomic mass is 16.5. The molecular weight excluding hydrogens is 336 g/mol. The SMILES string of the molecule is COc1ccc(/C=N/NC(=O)c2ccc(OC(C)C)c(OC)c2)cc1O. The zero-order valence-corrected chi connectivity index (χ0v) is 15.1. The number of nitrogens with one attached hydrogen (secondary N) is 1. The number of aromatic hydroxyl groups is 1. The maximum Gasteiger partial charge on any atom is 0.271 e. The number of methoxy groups -OCH3 is 2. The number of ether oxygens (including phenoxy) is 3. The van der Waals surface area contributed by atoms with Crippen molar-refractivity contribution in [2.75, 3.05) is 14.2 Å². The lowest BCUT2D eigenvalue weighted by molar-refractivity contribution is 0.0954. The van der Waals surface area contributed by atoms with Crippen molar-refractivity contribution in [1.82, 2.24) is 5.43 Å². The number of nitrogens with zero attached hydrogens (tertiary/aromatic N) is 1. The monoisotopic (exact) mass is 358 g/mol. The molecule has 0 aliphatic carbocycles. The topological polar surface area (TPSA) is 89.4 Å². The number of carbonyl (C=O) groups is 1. The number of carbonyl (C=O) groups excluding carboxylic acids is 1. The van der Waals surface area contributed by atoms with Crippen molar-refractivity contribution in [2.24, 2.45) is 5.10 Å². The Labute approximate surface area is 152 Å². The first-order valence-electron chi connectivity index (χ1n) is 7.99. The van der Waals surface area contributed by atoms with Crippen molar-refractivity contribution in [2.45, 2.75) is 20.0 Å². The molecule has 26 heavy (non-hydrogen) atoms. The van der Waals surface area contributed by atoms with Crippen molar-refractivity contribution < 1.29 is 24.1 Å². The fraction of sp³-hybridized carbons (Fsp3) is 0.263. The molecule has 2 aromatic carbocycles. The summed E-state index contributed by atoms with van der Waals surface area (Å²) in [7, 11) is 2.98. The van der Waals surface area contributed by atoms with Gasteiger partial charge in [-0.2, -0.15) is 5.10 Å². The van der Waals surface area contributed by atoms with Crippen LogP contribution in [0.2, 0.25) is 0 Å². The normalized spacial score (nSPS) is 10.8. The van der Waals surface area contributed by atoms with Gasteiger partial charge < -0.3 is 19.3 Å². The maximum absolute atomic E-state index is 12.2. The molecule has 0 aromatic heterocycles. The molecule has 0 radical (unpaired) electrons. The first-order valence-corrected chi connectivity index (χ1v) is 7.99. The lowest BCUT2D eigenvalue weighted by atomic mass is 10.2. The Morgan fingerprint density at radius 3 is 2.38 bits per heavy atom. The molecule has 0 aliphatic rings. The van der Waals surface area contributed by atoms with Gasteiger partial charge in [-0.15, -0.1) is 0 Å². The second-order valence-electron chi connectivity index (χ2n) is 5.66. The van der Waals surface area contributed by atoms with Crippen LogP contribution in [-0.2, 0) is 0 Å². The number of amides is 1. The summed E-state index contributed by atoms with van der Waals surface area (Å²) in [4.78, 5) is 12.2. The van der Waals surface area contributed by atoms with Gasteiger partial charge in [0.2, 0.25) is 0 Å². The van der Waals surface area contributed by atoms with Crippen LogP contribution < -0.4 is 19.6 Å².